The number of ether oxygens (including phenoxy) is 3. The molecule has 0 spiro atoms. The number of carbonyl (C=O) groups excluding carboxylic acids is 1. The largest absolute Gasteiger partial charge is 0.494 e. The van der Waals surface area contributed by atoms with Crippen molar-refractivity contribution in [2.24, 2.45) is 0 Å². The van der Waals surface area contributed by atoms with Gasteiger partial charge in [-0.2, -0.15) is 0 Å². The highest BCUT2D eigenvalue weighted by Gasteiger charge is 2.24. The van der Waals surface area contributed by atoms with Gasteiger partial charge in [0.1, 0.15) is 18.5 Å². The molecule has 0 bridgehead atoms. The monoisotopic (exact) mass is 251 g/mol. The molecule has 0 radical (unpaired) electrons. The average molecular weight is 251 g/mol. The minimum Gasteiger partial charge on any atom is -0.494 e. The molecule has 0 aliphatic carbocycles. The number of anilines is 1. The van der Waals surface area contributed by atoms with Crippen LogP contribution < -0.4 is 10.1 Å². The van der Waals surface area contributed by atoms with Crippen LogP contribution in [0.3, 0.4) is 0 Å². The van der Waals surface area contributed by atoms with Crippen molar-refractivity contribution in [1.29, 1.82) is 0 Å². The summed E-state index contributed by atoms with van der Waals surface area (Å²) in [6.45, 7) is 3.68. The summed E-state index contributed by atoms with van der Waals surface area (Å²) in [6, 6.07) is 7.23. The van der Waals surface area contributed by atoms with Gasteiger partial charge in [-0.15, -0.1) is 0 Å². The molecule has 1 saturated heterocycles. The van der Waals surface area contributed by atoms with E-state index in [4.69, 9.17) is 14.2 Å². The lowest BCUT2D eigenvalue weighted by atomic mass is 10.3. The van der Waals surface area contributed by atoms with Gasteiger partial charge in [0.05, 0.1) is 13.2 Å². The second-order valence-electron chi connectivity index (χ2n) is 4.06. The lowest BCUT2D eigenvalue weighted by molar-refractivity contribution is 0.150. The Morgan fingerprint density at radius 3 is 3.11 bits per heavy atom. The van der Waals surface area contributed by atoms with E-state index in [1.807, 2.05) is 19.1 Å². The van der Waals surface area contributed by atoms with Crippen LogP contribution in [0.15, 0.2) is 24.3 Å². The van der Waals surface area contributed by atoms with Crippen LogP contribution in [0.4, 0.5) is 10.5 Å². The van der Waals surface area contributed by atoms with E-state index >= 15 is 0 Å². The topological polar surface area (TPSA) is 60.1 Å². The van der Waals surface area contributed by atoms with E-state index in [9.17, 15) is 4.79 Å². The third-order valence-corrected chi connectivity index (χ3v) is 2.36. The van der Waals surface area contributed by atoms with Gasteiger partial charge in [-0.05, 0) is 18.6 Å². The minimum absolute atomic E-state index is 0.0787. The Kier molecular flexibility index (Phi) is 4.41. The summed E-state index contributed by atoms with van der Waals surface area (Å²) in [5, 5.41) is 2.65. The number of nitrogens with one attached hydrogen (secondary N) is 1. The number of carbonyl (C=O) groups is 1. The predicted molar refractivity (Wildman–Crippen MR) is 66.9 cm³/mol. The van der Waals surface area contributed by atoms with Crippen molar-refractivity contribution in [3.05, 3.63) is 24.3 Å². The van der Waals surface area contributed by atoms with Crippen LogP contribution in [-0.4, -0.2) is 32.0 Å². The maximum absolute atomic E-state index is 11.4. The van der Waals surface area contributed by atoms with Gasteiger partial charge in [0.25, 0.3) is 0 Å². The van der Waals surface area contributed by atoms with Crippen molar-refractivity contribution < 1.29 is 19.0 Å². The molecule has 1 aliphatic heterocycles. The van der Waals surface area contributed by atoms with E-state index in [1.54, 1.807) is 12.1 Å². The molecular formula is C13H17NO4. The first-order chi connectivity index (χ1) is 8.78. The Morgan fingerprint density at radius 2 is 2.39 bits per heavy atom. The number of amides is 1. The summed E-state index contributed by atoms with van der Waals surface area (Å²) < 4.78 is 15.4. The van der Waals surface area contributed by atoms with E-state index < -0.39 is 6.09 Å². The first-order valence-electron chi connectivity index (χ1n) is 6.06. The molecule has 1 atom stereocenters. The molecule has 0 saturated carbocycles. The summed E-state index contributed by atoms with van der Waals surface area (Å²) in [4.78, 5) is 11.4. The molecule has 1 fully saturated rings. The smallest absolute Gasteiger partial charge is 0.411 e. The fourth-order valence-corrected chi connectivity index (χ4v) is 1.37. The van der Waals surface area contributed by atoms with Crippen LogP contribution in [0.2, 0.25) is 0 Å². The molecule has 1 aromatic rings. The van der Waals surface area contributed by atoms with Crippen LogP contribution in [0.25, 0.3) is 0 Å². The van der Waals surface area contributed by atoms with Crippen LogP contribution in [0.1, 0.15) is 13.3 Å². The normalized spacial score (nSPS) is 17.1. The highest BCUT2D eigenvalue weighted by molar-refractivity contribution is 5.84. The van der Waals surface area contributed by atoms with Gasteiger partial charge in [0.2, 0.25) is 0 Å². The minimum atomic E-state index is -0.474. The zero-order valence-electron chi connectivity index (χ0n) is 10.3. The molecule has 1 N–H and O–H groups in total. The zero-order valence-corrected chi connectivity index (χ0v) is 10.3. The molecule has 5 heteroatoms. The van der Waals surface area contributed by atoms with Gasteiger partial charge < -0.3 is 14.2 Å². The third kappa shape index (κ3) is 4.25. The maximum atomic E-state index is 11.4. The second-order valence-corrected chi connectivity index (χ2v) is 4.06. The molecule has 1 unspecified atom stereocenters. The Labute approximate surface area is 106 Å². The number of rotatable bonds is 6. The molecule has 2 rings (SSSR count). The lowest BCUT2D eigenvalue weighted by Gasteiger charge is -2.08. The quantitative estimate of drug-likeness (QED) is 0.789. The third-order valence-electron chi connectivity index (χ3n) is 2.36. The van der Waals surface area contributed by atoms with Gasteiger partial charge in [-0.25, -0.2) is 4.79 Å². The van der Waals surface area contributed by atoms with Crippen molar-refractivity contribution in [3.8, 4) is 5.75 Å². The van der Waals surface area contributed by atoms with Crippen LogP contribution in [-0.2, 0) is 9.47 Å². The van der Waals surface area contributed by atoms with Crippen molar-refractivity contribution in [2.45, 2.75) is 19.4 Å². The Hall–Kier alpha value is -1.75. The van der Waals surface area contributed by atoms with Crippen molar-refractivity contribution in [1.82, 2.24) is 0 Å². The zero-order chi connectivity index (χ0) is 12.8. The molecule has 0 aromatic heterocycles. The molecule has 1 aromatic carbocycles. The summed E-state index contributed by atoms with van der Waals surface area (Å²) in [5.74, 6) is 0.736. The van der Waals surface area contributed by atoms with Crippen LogP contribution >= 0.6 is 0 Å². The maximum Gasteiger partial charge on any atom is 0.411 e. The number of hydrogen-bond donors (Lipinski definition) is 1. The van der Waals surface area contributed by atoms with Gasteiger partial charge >= 0.3 is 6.09 Å². The van der Waals surface area contributed by atoms with Crippen LogP contribution in [0.5, 0.6) is 5.75 Å². The van der Waals surface area contributed by atoms with Crippen molar-refractivity contribution >= 4 is 11.8 Å². The first kappa shape index (κ1) is 12.7. The predicted octanol–water partition coefficient (Wildman–Crippen LogP) is 2.42. The summed E-state index contributed by atoms with van der Waals surface area (Å²) in [6.07, 6.45) is 0.550. The molecule has 18 heavy (non-hydrogen) atoms. The van der Waals surface area contributed by atoms with Gasteiger partial charge in [-0.3, -0.25) is 5.32 Å². The number of benzene rings is 1. The second kappa shape index (κ2) is 6.26. The van der Waals surface area contributed by atoms with Gasteiger partial charge in [0, 0.05) is 11.8 Å². The van der Waals surface area contributed by atoms with Crippen LogP contribution in [0, 0.1) is 0 Å². The molecule has 1 aliphatic rings. The highest BCUT2D eigenvalue weighted by Crippen LogP contribution is 2.18. The first-order valence-corrected chi connectivity index (χ1v) is 6.06. The Bertz CT molecular complexity index is 404. The Morgan fingerprint density at radius 1 is 1.56 bits per heavy atom. The molecule has 1 amide bonds. The molecule has 1 heterocycles. The van der Waals surface area contributed by atoms with E-state index in [0.717, 1.165) is 12.2 Å². The number of hydrogen-bond acceptors (Lipinski definition) is 4. The fraction of sp³-hybridized carbons (Fsp3) is 0.462. The van der Waals surface area contributed by atoms with E-state index in [-0.39, 0.29) is 6.10 Å². The standard InChI is InChI=1S/C13H17NO4/c1-2-6-16-11-5-3-4-10(7-11)14-13(15)18-9-12-8-17-12/h3-5,7,12H,2,6,8-9H2,1H3,(H,14,15). The van der Waals surface area contributed by atoms with E-state index in [0.29, 0.717) is 25.5 Å². The fourth-order valence-electron chi connectivity index (χ4n) is 1.37. The SMILES string of the molecule is CCCOc1cccc(NC(=O)OCC2CO2)c1. The highest BCUT2D eigenvalue weighted by atomic mass is 16.6. The van der Waals surface area contributed by atoms with Crippen molar-refractivity contribution in [3.63, 3.8) is 0 Å². The van der Waals surface area contributed by atoms with E-state index in [2.05, 4.69) is 5.32 Å². The van der Waals surface area contributed by atoms with E-state index in [1.165, 1.54) is 0 Å². The Balaban J connectivity index is 1.81. The summed E-state index contributed by atoms with van der Waals surface area (Å²) in [5.41, 5.74) is 0.658. The molecular weight excluding hydrogens is 234 g/mol. The molecule has 98 valence electrons. The lowest BCUT2D eigenvalue weighted by Crippen LogP contribution is -2.16. The summed E-state index contributed by atoms with van der Waals surface area (Å²) in [7, 11) is 0. The van der Waals surface area contributed by atoms with Crippen molar-refractivity contribution in [2.75, 3.05) is 25.1 Å². The molecule has 5 nitrogen and oxygen atoms in total. The van der Waals surface area contributed by atoms with Gasteiger partial charge in [0.15, 0.2) is 0 Å². The number of epoxide rings is 1. The van der Waals surface area contributed by atoms with Gasteiger partial charge in [-0.1, -0.05) is 13.0 Å². The summed E-state index contributed by atoms with van der Waals surface area (Å²) >= 11 is 0. The average Bonchev–Trinajstić information content (AvgIpc) is 3.18.